The first-order valence-corrected chi connectivity index (χ1v) is 14.8. The fraction of sp³-hybridized carbons (Fsp3) is 0.484. The summed E-state index contributed by atoms with van der Waals surface area (Å²) >= 11 is 0. The Labute approximate surface area is 261 Å². The highest BCUT2D eigenvalue weighted by Gasteiger charge is 2.52. The zero-order valence-corrected chi connectivity index (χ0v) is 25.2. The standard InChI is InChI=1S/C31H34F6N4O5/c1-3-46-24(42)9-6-4-5-7-15-40-28(45)25(26(43)29(2)14-8-16-41(29)40)27(44)39-22-12-11-20(30(32,33)34)17-21(22)19-10-13-23(38-18-19)31(35,36)37/h10-13,17-18,43H,3-9,14-16H2,1-2H3,(H,39,44)/t29-/m1/s1. The number of unbranched alkanes of at least 4 members (excludes halogenated alkanes) is 3. The molecular formula is C31H34F6N4O5. The summed E-state index contributed by atoms with van der Waals surface area (Å²) in [6, 6.07) is 3.79. The number of rotatable bonds is 11. The van der Waals surface area contributed by atoms with Crippen molar-refractivity contribution in [3.63, 3.8) is 0 Å². The molecular weight excluding hydrogens is 622 g/mol. The van der Waals surface area contributed by atoms with E-state index in [-0.39, 0.29) is 35.7 Å². The van der Waals surface area contributed by atoms with E-state index >= 15 is 0 Å². The zero-order chi connectivity index (χ0) is 33.9. The number of alkyl halides is 6. The molecule has 15 heteroatoms. The molecule has 9 nitrogen and oxygen atoms in total. The van der Waals surface area contributed by atoms with E-state index in [0.717, 1.165) is 18.3 Å². The number of nitrogens with zero attached hydrogens (tertiary/aromatic N) is 3. The minimum absolute atomic E-state index is 0.152. The van der Waals surface area contributed by atoms with E-state index in [1.165, 1.54) is 5.01 Å². The largest absolute Gasteiger partial charge is 0.509 e. The van der Waals surface area contributed by atoms with Crippen molar-refractivity contribution in [1.82, 2.24) is 15.0 Å². The maximum Gasteiger partial charge on any atom is 0.433 e. The number of hydrogen-bond acceptors (Lipinski definition) is 7. The molecule has 2 N–H and O–H groups in total. The van der Waals surface area contributed by atoms with Gasteiger partial charge in [-0.2, -0.15) is 26.3 Å². The summed E-state index contributed by atoms with van der Waals surface area (Å²) in [5.74, 6) is -2.66. The Bertz CT molecular complexity index is 1490. The number of aliphatic hydroxyl groups excluding tert-OH is 1. The van der Waals surface area contributed by atoms with Gasteiger partial charge in [0.05, 0.1) is 17.7 Å². The Morgan fingerprint density at radius 3 is 2.39 bits per heavy atom. The number of esters is 1. The van der Waals surface area contributed by atoms with Gasteiger partial charge in [0.25, 0.3) is 11.8 Å². The summed E-state index contributed by atoms with van der Waals surface area (Å²) < 4.78 is 84.8. The van der Waals surface area contributed by atoms with Crippen molar-refractivity contribution < 1.29 is 50.6 Å². The van der Waals surface area contributed by atoms with Crippen molar-refractivity contribution >= 4 is 23.5 Å². The van der Waals surface area contributed by atoms with Crippen LogP contribution >= 0.6 is 0 Å². The number of aromatic nitrogens is 1. The molecule has 4 rings (SSSR count). The van der Waals surface area contributed by atoms with Crippen LogP contribution in [0.1, 0.15) is 70.1 Å². The number of amides is 2. The summed E-state index contributed by atoms with van der Waals surface area (Å²) in [4.78, 5) is 42.2. The molecule has 1 fully saturated rings. The predicted octanol–water partition coefficient (Wildman–Crippen LogP) is 6.66. The molecule has 1 aromatic heterocycles. The van der Waals surface area contributed by atoms with Gasteiger partial charge in [-0.1, -0.05) is 18.9 Å². The summed E-state index contributed by atoms with van der Waals surface area (Å²) in [6.07, 6.45) is -5.05. The molecule has 1 aromatic carbocycles. The van der Waals surface area contributed by atoms with Crippen LogP contribution in [0.5, 0.6) is 0 Å². The van der Waals surface area contributed by atoms with Crippen molar-refractivity contribution in [2.45, 2.75) is 76.7 Å². The highest BCUT2D eigenvalue weighted by atomic mass is 19.4. The van der Waals surface area contributed by atoms with Crippen LogP contribution < -0.4 is 5.32 Å². The minimum Gasteiger partial charge on any atom is -0.509 e. The number of carbonyl (C=O) groups is 3. The molecule has 1 atom stereocenters. The fourth-order valence-electron chi connectivity index (χ4n) is 5.70. The first-order valence-electron chi connectivity index (χ1n) is 14.8. The molecule has 2 aliphatic rings. The summed E-state index contributed by atoms with van der Waals surface area (Å²) in [5.41, 5.74) is -4.74. The van der Waals surface area contributed by atoms with Crippen molar-refractivity contribution in [2.24, 2.45) is 0 Å². The lowest BCUT2D eigenvalue weighted by Crippen LogP contribution is -2.61. The van der Waals surface area contributed by atoms with Gasteiger partial charge in [-0.3, -0.25) is 24.4 Å². The second-order valence-corrected chi connectivity index (χ2v) is 11.3. The average molecular weight is 657 g/mol. The molecule has 250 valence electrons. The monoisotopic (exact) mass is 656 g/mol. The first kappa shape index (κ1) is 34.7. The molecule has 46 heavy (non-hydrogen) atoms. The SMILES string of the molecule is CCOC(=O)CCCCCCN1C(=O)C(C(=O)Nc2ccc(C(F)(F)F)cc2-c2ccc(C(F)(F)F)nc2)=C(O)[C@@]2(C)CCCN12. The quantitative estimate of drug-likeness (QED) is 0.120. The van der Waals surface area contributed by atoms with Crippen LogP contribution in [-0.2, 0) is 31.5 Å². The van der Waals surface area contributed by atoms with Gasteiger partial charge in [-0.15, -0.1) is 0 Å². The lowest BCUT2D eigenvalue weighted by molar-refractivity contribution is -0.158. The van der Waals surface area contributed by atoms with Crippen LogP contribution in [0.3, 0.4) is 0 Å². The molecule has 2 aromatic rings. The number of benzene rings is 1. The maximum atomic E-state index is 13.7. The fourth-order valence-corrected chi connectivity index (χ4v) is 5.70. The maximum absolute atomic E-state index is 13.7. The molecule has 0 spiro atoms. The smallest absolute Gasteiger partial charge is 0.433 e. The van der Waals surface area contributed by atoms with E-state index in [4.69, 9.17) is 4.74 Å². The van der Waals surface area contributed by atoms with Crippen molar-refractivity contribution in [2.75, 3.05) is 25.0 Å². The number of halogens is 6. The van der Waals surface area contributed by atoms with Crippen molar-refractivity contribution in [3.05, 3.63) is 59.1 Å². The predicted molar refractivity (Wildman–Crippen MR) is 154 cm³/mol. The van der Waals surface area contributed by atoms with Gasteiger partial charge < -0.3 is 15.2 Å². The molecule has 0 radical (unpaired) electrons. The molecule has 0 unspecified atom stereocenters. The zero-order valence-electron chi connectivity index (χ0n) is 25.2. The van der Waals surface area contributed by atoms with Gasteiger partial charge in [0.15, 0.2) is 0 Å². The Kier molecular flexibility index (Phi) is 10.3. The van der Waals surface area contributed by atoms with Crippen LogP contribution in [0.25, 0.3) is 11.1 Å². The van der Waals surface area contributed by atoms with Gasteiger partial charge >= 0.3 is 18.3 Å². The highest BCUT2D eigenvalue weighted by molar-refractivity contribution is 6.24. The van der Waals surface area contributed by atoms with E-state index in [2.05, 4.69) is 10.3 Å². The lowest BCUT2D eigenvalue weighted by atomic mass is 9.90. The number of pyridine rings is 1. The number of aliphatic hydroxyl groups is 1. The number of hydrogen-bond donors (Lipinski definition) is 2. The Hall–Kier alpha value is -4.14. The summed E-state index contributed by atoms with van der Waals surface area (Å²) in [7, 11) is 0. The van der Waals surface area contributed by atoms with Gasteiger partial charge in [-0.25, -0.2) is 5.01 Å². The third kappa shape index (κ3) is 7.45. The van der Waals surface area contributed by atoms with E-state index in [1.54, 1.807) is 18.9 Å². The van der Waals surface area contributed by atoms with E-state index in [9.17, 15) is 45.8 Å². The molecule has 0 saturated carbocycles. The van der Waals surface area contributed by atoms with Crippen LogP contribution in [-0.4, -0.2) is 63.1 Å². The second-order valence-electron chi connectivity index (χ2n) is 11.3. The van der Waals surface area contributed by atoms with Crippen LogP contribution in [0.2, 0.25) is 0 Å². The summed E-state index contributed by atoms with van der Waals surface area (Å²) in [6.45, 7) is 4.35. The normalized spacial score (nSPS) is 19.0. The number of nitrogens with one attached hydrogen (secondary N) is 1. The van der Waals surface area contributed by atoms with E-state index in [0.29, 0.717) is 69.9 Å². The first-order chi connectivity index (χ1) is 21.6. The van der Waals surface area contributed by atoms with Crippen LogP contribution in [0.15, 0.2) is 47.9 Å². The third-order valence-electron chi connectivity index (χ3n) is 8.08. The number of anilines is 1. The van der Waals surface area contributed by atoms with Gasteiger partial charge in [0.2, 0.25) is 0 Å². The topological polar surface area (TPSA) is 112 Å². The van der Waals surface area contributed by atoms with Gasteiger partial charge in [0, 0.05) is 42.5 Å². The number of hydrazine groups is 1. The van der Waals surface area contributed by atoms with Crippen molar-refractivity contribution in [3.8, 4) is 11.1 Å². The Morgan fingerprint density at radius 2 is 1.76 bits per heavy atom. The molecule has 1 saturated heterocycles. The molecule has 3 heterocycles. The molecule has 0 bridgehead atoms. The third-order valence-corrected chi connectivity index (χ3v) is 8.08. The van der Waals surface area contributed by atoms with Crippen molar-refractivity contribution in [1.29, 1.82) is 0 Å². The number of ether oxygens (including phenoxy) is 1. The lowest BCUT2D eigenvalue weighted by Gasteiger charge is -2.46. The number of carbonyl (C=O) groups excluding carboxylic acids is 3. The Balaban J connectivity index is 1.59. The van der Waals surface area contributed by atoms with E-state index in [1.807, 2.05) is 0 Å². The molecule has 2 aliphatic heterocycles. The number of fused-ring (bicyclic) bond motifs is 1. The highest BCUT2D eigenvalue weighted by Crippen LogP contribution is 2.42. The molecule has 0 aliphatic carbocycles. The van der Waals surface area contributed by atoms with Gasteiger partial charge in [-0.05, 0) is 63.8 Å². The van der Waals surface area contributed by atoms with Crippen LogP contribution in [0, 0.1) is 0 Å². The minimum atomic E-state index is -4.81. The van der Waals surface area contributed by atoms with E-state index < -0.39 is 52.3 Å². The summed E-state index contributed by atoms with van der Waals surface area (Å²) in [5, 5.41) is 16.7. The van der Waals surface area contributed by atoms with Gasteiger partial charge in [0.1, 0.15) is 17.0 Å². The van der Waals surface area contributed by atoms with Crippen LogP contribution in [0.4, 0.5) is 32.0 Å². The Morgan fingerprint density at radius 1 is 1.04 bits per heavy atom. The average Bonchev–Trinajstić information content (AvgIpc) is 3.38. The molecule has 2 amide bonds. The second kappa shape index (κ2) is 13.7.